The summed E-state index contributed by atoms with van der Waals surface area (Å²) in [5.74, 6) is 0.489. The van der Waals surface area contributed by atoms with Crippen LogP contribution < -0.4 is 10.1 Å². The monoisotopic (exact) mass is 469 g/mol. The van der Waals surface area contributed by atoms with Gasteiger partial charge in [-0.15, -0.1) is 0 Å². The van der Waals surface area contributed by atoms with Gasteiger partial charge in [-0.2, -0.15) is 0 Å². The Kier molecular flexibility index (Phi) is 6.71. The molecule has 0 spiro atoms. The third kappa shape index (κ3) is 5.31. The minimum absolute atomic E-state index is 0.396. The lowest BCUT2D eigenvalue weighted by Gasteiger charge is -2.13. The van der Waals surface area contributed by atoms with Crippen molar-refractivity contribution >= 4 is 56.4 Å². The van der Waals surface area contributed by atoms with Gasteiger partial charge < -0.3 is 10.1 Å². The zero-order valence-corrected chi connectivity index (χ0v) is 17.5. The van der Waals surface area contributed by atoms with Gasteiger partial charge in [0.2, 0.25) is 0 Å². The molecule has 0 unspecified atom stereocenters. The van der Waals surface area contributed by atoms with Crippen molar-refractivity contribution in [1.82, 2.24) is 0 Å². The topological polar surface area (TPSA) is 21.3 Å². The molecule has 134 valence electrons. The summed E-state index contributed by atoms with van der Waals surface area (Å²) in [5, 5.41) is 4.94. The van der Waals surface area contributed by atoms with Crippen molar-refractivity contribution in [3.05, 3.63) is 91.3 Å². The van der Waals surface area contributed by atoms with Crippen LogP contribution in [0.2, 0.25) is 15.1 Å². The fourth-order valence-corrected chi connectivity index (χ4v) is 3.49. The van der Waals surface area contributed by atoms with Crippen molar-refractivity contribution < 1.29 is 4.74 Å². The zero-order chi connectivity index (χ0) is 18.5. The van der Waals surface area contributed by atoms with Crippen LogP contribution in [0.5, 0.6) is 5.75 Å². The minimum Gasteiger partial charge on any atom is -0.486 e. The first-order valence-corrected chi connectivity index (χ1v) is 9.78. The molecule has 0 aliphatic rings. The van der Waals surface area contributed by atoms with Gasteiger partial charge in [0.1, 0.15) is 6.61 Å². The first kappa shape index (κ1) is 19.4. The third-order valence-corrected chi connectivity index (χ3v) is 5.00. The summed E-state index contributed by atoms with van der Waals surface area (Å²) < 4.78 is 6.83. The van der Waals surface area contributed by atoms with Gasteiger partial charge in [0, 0.05) is 21.7 Å². The Morgan fingerprint density at radius 2 is 1.54 bits per heavy atom. The van der Waals surface area contributed by atoms with Crippen LogP contribution >= 0.6 is 50.7 Å². The largest absolute Gasteiger partial charge is 0.486 e. The lowest BCUT2D eigenvalue weighted by atomic mass is 10.2. The summed E-state index contributed by atoms with van der Waals surface area (Å²) in [7, 11) is 0. The number of hydrogen-bond acceptors (Lipinski definition) is 2. The second kappa shape index (κ2) is 9.01. The van der Waals surface area contributed by atoms with Crippen LogP contribution in [0.4, 0.5) is 5.69 Å². The number of ether oxygens (including phenoxy) is 1. The van der Waals surface area contributed by atoms with Crippen molar-refractivity contribution in [1.29, 1.82) is 0 Å². The van der Waals surface area contributed by atoms with E-state index in [9.17, 15) is 0 Å². The molecule has 1 N–H and O–H groups in total. The van der Waals surface area contributed by atoms with Gasteiger partial charge in [-0.25, -0.2) is 0 Å². The summed E-state index contributed by atoms with van der Waals surface area (Å²) in [4.78, 5) is 0. The molecule has 0 saturated carbocycles. The molecule has 0 fully saturated rings. The van der Waals surface area contributed by atoms with Crippen molar-refractivity contribution in [3.63, 3.8) is 0 Å². The Morgan fingerprint density at radius 3 is 2.19 bits per heavy atom. The van der Waals surface area contributed by atoms with Crippen LogP contribution in [0.1, 0.15) is 11.1 Å². The molecule has 0 heterocycles. The fraction of sp³-hybridized carbons (Fsp3) is 0.100. The number of nitrogens with one attached hydrogen (secondary N) is 1. The Bertz CT molecular complexity index is 877. The highest BCUT2D eigenvalue weighted by molar-refractivity contribution is 9.10. The van der Waals surface area contributed by atoms with Gasteiger partial charge >= 0.3 is 0 Å². The second-order valence-corrected chi connectivity index (χ2v) is 7.83. The molecule has 3 aromatic carbocycles. The highest BCUT2D eigenvalue weighted by Crippen LogP contribution is 2.35. The maximum absolute atomic E-state index is 6.37. The third-order valence-electron chi connectivity index (χ3n) is 3.68. The van der Waals surface area contributed by atoms with E-state index in [1.807, 2.05) is 60.7 Å². The van der Waals surface area contributed by atoms with Gasteiger partial charge in [0.15, 0.2) is 5.75 Å². The molecule has 0 aliphatic heterocycles. The predicted octanol–water partition coefficient (Wildman–Crippen LogP) is 7.60. The molecule has 0 aliphatic carbocycles. The van der Waals surface area contributed by atoms with Gasteiger partial charge in [0.05, 0.1) is 10.0 Å². The summed E-state index contributed by atoms with van der Waals surface area (Å²) in [6.07, 6.45) is 0. The van der Waals surface area contributed by atoms with Crippen molar-refractivity contribution in [2.45, 2.75) is 13.2 Å². The van der Waals surface area contributed by atoms with E-state index in [0.717, 1.165) is 21.3 Å². The summed E-state index contributed by atoms with van der Waals surface area (Å²) in [6, 6.07) is 19.1. The average molecular weight is 472 g/mol. The molecule has 0 atom stereocenters. The highest BCUT2D eigenvalue weighted by Gasteiger charge is 2.10. The van der Waals surface area contributed by atoms with Crippen LogP contribution in [0.25, 0.3) is 0 Å². The molecule has 0 saturated heterocycles. The molecule has 3 aromatic rings. The number of hydrogen-bond donors (Lipinski definition) is 1. The van der Waals surface area contributed by atoms with Crippen molar-refractivity contribution in [2.24, 2.45) is 0 Å². The molecule has 2 nitrogen and oxygen atoms in total. The first-order chi connectivity index (χ1) is 12.5. The normalized spacial score (nSPS) is 10.6. The molecule has 6 heteroatoms. The molecule has 0 radical (unpaired) electrons. The highest BCUT2D eigenvalue weighted by atomic mass is 79.9. The number of anilines is 1. The molecular formula is C20H15BrCl3NO. The maximum atomic E-state index is 6.37. The van der Waals surface area contributed by atoms with E-state index in [2.05, 4.69) is 21.2 Å². The summed E-state index contributed by atoms with van der Waals surface area (Å²) in [6.45, 7) is 0.972. The Balaban J connectivity index is 1.66. The van der Waals surface area contributed by atoms with E-state index in [1.54, 1.807) is 0 Å². The Morgan fingerprint density at radius 1 is 0.846 bits per heavy atom. The van der Waals surface area contributed by atoms with E-state index in [1.165, 1.54) is 0 Å². The van der Waals surface area contributed by atoms with Crippen LogP contribution in [-0.2, 0) is 13.2 Å². The summed E-state index contributed by atoms with van der Waals surface area (Å²) >= 11 is 22.1. The molecule has 26 heavy (non-hydrogen) atoms. The predicted molar refractivity (Wildman–Crippen MR) is 114 cm³/mol. The van der Waals surface area contributed by atoms with Crippen LogP contribution in [0.3, 0.4) is 0 Å². The average Bonchev–Trinajstić information content (AvgIpc) is 2.61. The Hall–Kier alpha value is -1.39. The quantitative estimate of drug-likeness (QED) is 0.400. The number of benzene rings is 3. The van der Waals surface area contributed by atoms with Crippen molar-refractivity contribution in [3.8, 4) is 5.75 Å². The standard InChI is InChI=1S/C20H15BrCl3NO/c21-15-6-4-13(5-7-15)12-26-20-18(23)8-14(9-19(20)24)11-25-17-3-1-2-16(22)10-17/h1-10,25H,11-12H2. The number of halogens is 4. The van der Waals surface area contributed by atoms with Gasteiger partial charge in [-0.1, -0.05) is 68.9 Å². The molecule has 0 aromatic heterocycles. The maximum Gasteiger partial charge on any atom is 0.156 e. The molecule has 0 amide bonds. The van der Waals surface area contributed by atoms with E-state index in [4.69, 9.17) is 39.5 Å². The van der Waals surface area contributed by atoms with Gasteiger partial charge in [0.25, 0.3) is 0 Å². The van der Waals surface area contributed by atoms with Crippen LogP contribution in [-0.4, -0.2) is 0 Å². The van der Waals surface area contributed by atoms with Crippen LogP contribution in [0, 0.1) is 0 Å². The van der Waals surface area contributed by atoms with Crippen LogP contribution in [0.15, 0.2) is 65.1 Å². The lowest BCUT2D eigenvalue weighted by Crippen LogP contribution is -2.01. The van der Waals surface area contributed by atoms with Gasteiger partial charge in [-0.05, 0) is 53.6 Å². The van der Waals surface area contributed by atoms with E-state index in [-0.39, 0.29) is 0 Å². The zero-order valence-electron chi connectivity index (χ0n) is 13.6. The number of rotatable bonds is 6. The molecule has 3 rings (SSSR count). The van der Waals surface area contributed by atoms with E-state index >= 15 is 0 Å². The van der Waals surface area contributed by atoms with E-state index in [0.29, 0.717) is 34.0 Å². The minimum atomic E-state index is 0.396. The molecular weight excluding hydrogens is 456 g/mol. The second-order valence-electron chi connectivity index (χ2n) is 5.67. The molecule has 0 bridgehead atoms. The van der Waals surface area contributed by atoms with Crippen molar-refractivity contribution in [2.75, 3.05) is 5.32 Å². The first-order valence-electron chi connectivity index (χ1n) is 7.86. The Labute approximate surface area is 176 Å². The van der Waals surface area contributed by atoms with Gasteiger partial charge in [-0.3, -0.25) is 0 Å². The SMILES string of the molecule is Clc1cccc(NCc2cc(Cl)c(OCc3ccc(Br)cc3)c(Cl)c2)c1. The lowest BCUT2D eigenvalue weighted by molar-refractivity contribution is 0.306. The van der Waals surface area contributed by atoms with E-state index < -0.39 is 0 Å². The smallest absolute Gasteiger partial charge is 0.156 e. The summed E-state index contributed by atoms with van der Waals surface area (Å²) in [5.41, 5.74) is 2.92. The fourth-order valence-electron chi connectivity index (χ4n) is 2.39.